The van der Waals surface area contributed by atoms with Gasteiger partial charge in [-0.15, -0.1) is 0 Å². The van der Waals surface area contributed by atoms with Crippen LogP contribution in [-0.4, -0.2) is 56.8 Å². The second-order valence-electron chi connectivity index (χ2n) is 7.27. The van der Waals surface area contributed by atoms with E-state index in [1.807, 2.05) is 48.5 Å². The van der Waals surface area contributed by atoms with E-state index in [1.54, 1.807) is 10.7 Å². The third-order valence-corrected chi connectivity index (χ3v) is 5.60. The Hall–Kier alpha value is -3.65. The van der Waals surface area contributed by atoms with Gasteiger partial charge in [0.05, 0.1) is 5.69 Å². The predicted octanol–water partition coefficient (Wildman–Crippen LogP) is 3.47. The molecule has 0 atom stereocenters. The maximum absolute atomic E-state index is 11.5. The van der Waals surface area contributed by atoms with E-state index in [0.717, 1.165) is 49.1 Å². The maximum Gasteiger partial charge on any atom is 0.356 e. The van der Waals surface area contributed by atoms with Crippen LogP contribution in [0, 0.1) is 0 Å². The molecule has 31 heavy (non-hydrogen) atoms. The number of halogens is 1. The Bertz CT molecular complexity index is 1230. The molecule has 8 nitrogen and oxygen atoms in total. The van der Waals surface area contributed by atoms with Gasteiger partial charge in [0.15, 0.2) is 11.3 Å². The summed E-state index contributed by atoms with van der Waals surface area (Å²) >= 11 is 6.03. The lowest BCUT2D eigenvalue weighted by Gasteiger charge is -2.36. The van der Waals surface area contributed by atoms with Gasteiger partial charge in [0.25, 0.3) is 0 Å². The molecule has 0 aliphatic carbocycles. The summed E-state index contributed by atoms with van der Waals surface area (Å²) < 4.78 is 1.61. The molecule has 156 valence electrons. The van der Waals surface area contributed by atoms with Gasteiger partial charge in [-0.3, -0.25) is 0 Å². The van der Waals surface area contributed by atoms with E-state index < -0.39 is 5.97 Å². The third kappa shape index (κ3) is 3.77. The van der Waals surface area contributed by atoms with Gasteiger partial charge in [-0.25, -0.2) is 14.8 Å². The number of carboxylic acid groups (broad SMARTS) is 1. The SMILES string of the molecule is O=C(O)c1cc2nc(-c3ccc(Cl)cc3)cc(N3CCN(c4ccccn4)CC3)n2n1. The lowest BCUT2D eigenvalue weighted by atomic mass is 10.1. The summed E-state index contributed by atoms with van der Waals surface area (Å²) in [5.41, 5.74) is 2.10. The maximum atomic E-state index is 11.5. The van der Waals surface area contributed by atoms with Gasteiger partial charge in [0.1, 0.15) is 11.6 Å². The summed E-state index contributed by atoms with van der Waals surface area (Å²) in [7, 11) is 0. The van der Waals surface area contributed by atoms with E-state index in [-0.39, 0.29) is 5.69 Å². The van der Waals surface area contributed by atoms with Crippen molar-refractivity contribution < 1.29 is 9.90 Å². The molecular formula is C22H19ClN6O2. The van der Waals surface area contributed by atoms with E-state index in [1.165, 1.54) is 6.07 Å². The number of aromatic carboxylic acids is 1. The van der Waals surface area contributed by atoms with Gasteiger partial charge >= 0.3 is 5.97 Å². The van der Waals surface area contributed by atoms with Crippen molar-refractivity contribution in [3.63, 3.8) is 0 Å². The molecule has 9 heteroatoms. The molecule has 1 aliphatic rings. The van der Waals surface area contributed by atoms with Crippen molar-refractivity contribution in [2.45, 2.75) is 0 Å². The molecule has 0 amide bonds. The molecule has 0 saturated carbocycles. The van der Waals surface area contributed by atoms with Crippen LogP contribution in [0.1, 0.15) is 10.5 Å². The zero-order valence-electron chi connectivity index (χ0n) is 16.5. The van der Waals surface area contributed by atoms with Crippen molar-refractivity contribution in [1.82, 2.24) is 19.6 Å². The Labute approximate surface area is 183 Å². The van der Waals surface area contributed by atoms with Gasteiger partial charge in [0, 0.05) is 55.1 Å². The molecule has 0 spiro atoms. The molecule has 1 aliphatic heterocycles. The number of nitrogens with zero attached hydrogens (tertiary/aromatic N) is 6. The Morgan fingerprint density at radius 2 is 1.71 bits per heavy atom. The normalized spacial score (nSPS) is 14.2. The van der Waals surface area contributed by atoms with Crippen LogP contribution in [0.3, 0.4) is 0 Å². The lowest BCUT2D eigenvalue weighted by Crippen LogP contribution is -2.47. The highest BCUT2D eigenvalue weighted by Crippen LogP contribution is 2.27. The number of rotatable bonds is 4. The van der Waals surface area contributed by atoms with Crippen LogP contribution in [0.4, 0.5) is 11.6 Å². The quantitative estimate of drug-likeness (QED) is 0.526. The Kier molecular flexibility index (Phi) is 4.91. The van der Waals surface area contributed by atoms with Crippen LogP contribution in [0.25, 0.3) is 16.9 Å². The number of piperazine rings is 1. The Balaban J connectivity index is 1.52. The largest absolute Gasteiger partial charge is 0.476 e. The van der Waals surface area contributed by atoms with Crippen molar-refractivity contribution in [3.8, 4) is 11.3 Å². The van der Waals surface area contributed by atoms with Gasteiger partial charge < -0.3 is 14.9 Å². The zero-order valence-corrected chi connectivity index (χ0v) is 17.3. The first-order valence-electron chi connectivity index (χ1n) is 9.89. The standard InChI is InChI=1S/C22H19ClN6O2/c23-16-6-4-15(5-7-16)17-14-21(29-20(25-17)13-18(26-29)22(30)31)28-11-9-27(10-12-28)19-3-1-2-8-24-19/h1-8,13-14H,9-12H2,(H,30,31). The molecule has 4 aromatic rings. The summed E-state index contributed by atoms with van der Waals surface area (Å²) in [5.74, 6) is 0.684. The van der Waals surface area contributed by atoms with E-state index in [2.05, 4.69) is 24.9 Å². The van der Waals surface area contributed by atoms with Crippen LogP contribution in [0.2, 0.25) is 5.02 Å². The zero-order chi connectivity index (χ0) is 21.4. The van der Waals surface area contributed by atoms with Gasteiger partial charge in [0.2, 0.25) is 0 Å². The molecule has 0 bridgehead atoms. The average Bonchev–Trinajstić information content (AvgIpc) is 3.24. The lowest BCUT2D eigenvalue weighted by molar-refractivity contribution is 0.0690. The van der Waals surface area contributed by atoms with Crippen molar-refractivity contribution in [3.05, 3.63) is 71.5 Å². The number of anilines is 2. The summed E-state index contributed by atoms with van der Waals surface area (Å²) in [4.78, 5) is 25.0. The van der Waals surface area contributed by atoms with E-state index in [0.29, 0.717) is 10.7 Å². The van der Waals surface area contributed by atoms with Crippen LogP contribution in [-0.2, 0) is 0 Å². The first-order valence-corrected chi connectivity index (χ1v) is 10.3. The van der Waals surface area contributed by atoms with E-state index in [9.17, 15) is 9.90 Å². The average molecular weight is 435 g/mol. The van der Waals surface area contributed by atoms with E-state index >= 15 is 0 Å². The van der Waals surface area contributed by atoms with Crippen LogP contribution < -0.4 is 9.80 Å². The molecule has 3 aromatic heterocycles. The number of fused-ring (bicyclic) bond motifs is 1. The number of benzene rings is 1. The number of aromatic nitrogens is 4. The summed E-state index contributed by atoms with van der Waals surface area (Å²) in [6.45, 7) is 3.09. The van der Waals surface area contributed by atoms with Crippen molar-refractivity contribution in [1.29, 1.82) is 0 Å². The minimum absolute atomic E-state index is 0.0332. The van der Waals surface area contributed by atoms with Crippen molar-refractivity contribution in [2.75, 3.05) is 36.0 Å². The summed E-state index contributed by atoms with van der Waals surface area (Å²) in [6.07, 6.45) is 1.80. The molecule has 1 N–H and O–H groups in total. The van der Waals surface area contributed by atoms with Gasteiger partial charge in [-0.2, -0.15) is 9.61 Å². The first kappa shape index (κ1) is 19.3. The molecular weight excluding hydrogens is 416 g/mol. The van der Waals surface area contributed by atoms with E-state index in [4.69, 9.17) is 11.6 Å². The topological polar surface area (TPSA) is 86.9 Å². The summed E-state index contributed by atoms with van der Waals surface area (Å²) in [5, 5.41) is 14.3. The third-order valence-electron chi connectivity index (χ3n) is 5.34. The Morgan fingerprint density at radius 3 is 2.39 bits per heavy atom. The fraction of sp³-hybridized carbons (Fsp3) is 0.182. The highest BCUT2D eigenvalue weighted by atomic mass is 35.5. The Morgan fingerprint density at radius 1 is 0.968 bits per heavy atom. The monoisotopic (exact) mass is 434 g/mol. The molecule has 0 unspecified atom stereocenters. The fourth-order valence-corrected chi connectivity index (χ4v) is 3.89. The van der Waals surface area contributed by atoms with Crippen LogP contribution in [0.15, 0.2) is 60.8 Å². The number of pyridine rings is 1. The van der Waals surface area contributed by atoms with Gasteiger partial charge in [-0.05, 0) is 24.3 Å². The highest BCUT2D eigenvalue weighted by molar-refractivity contribution is 6.30. The molecule has 0 radical (unpaired) electrons. The molecule has 1 aromatic carbocycles. The highest BCUT2D eigenvalue weighted by Gasteiger charge is 2.23. The minimum atomic E-state index is -1.08. The molecule has 5 rings (SSSR count). The molecule has 1 saturated heterocycles. The van der Waals surface area contributed by atoms with Crippen LogP contribution in [0.5, 0.6) is 0 Å². The fourth-order valence-electron chi connectivity index (χ4n) is 3.76. The van der Waals surface area contributed by atoms with Gasteiger partial charge in [-0.1, -0.05) is 29.8 Å². The van der Waals surface area contributed by atoms with Crippen molar-refractivity contribution in [2.24, 2.45) is 0 Å². The number of hydrogen-bond donors (Lipinski definition) is 1. The minimum Gasteiger partial charge on any atom is -0.476 e. The number of hydrogen-bond acceptors (Lipinski definition) is 6. The first-order chi connectivity index (χ1) is 15.1. The number of carboxylic acids is 1. The van der Waals surface area contributed by atoms with Crippen molar-refractivity contribution >= 4 is 34.9 Å². The second-order valence-corrected chi connectivity index (χ2v) is 7.71. The predicted molar refractivity (Wildman–Crippen MR) is 119 cm³/mol. The summed E-state index contributed by atoms with van der Waals surface area (Å²) in [6, 6.07) is 16.8. The molecule has 1 fully saturated rings. The van der Waals surface area contributed by atoms with Crippen LogP contribution >= 0.6 is 11.6 Å². The smallest absolute Gasteiger partial charge is 0.356 e. The number of carbonyl (C=O) groups is 1. The second kappa shape index (κ2) is 7.88. The molecule has 4 heterocycles.